The number of ether oxygens (including phenoxy) is 1. The van der Waals surface area contributed by atoms with E-state index < -0.39 is 11.6 Å². The monoisotopic (exact) mass is 1280 g/mol. The molecule has 10 aromatic carbocycles. The summed E-state index contributed by atoms with van der Waals surface area (Å²) in [5.74, 6) is 0.928. The minimum Gasteiger partial charge on any atom is -0.509 e. The van der Waals surface area contributed by atoms with Crippen LogP contribution >= 0.6 is 0 Å². The van der Waals surface area contributed by atoms with E-state index in [2.05, 4.69) is 223 Å². The first-order valence-electron chi connectivity index (χ1n) is 28.3. The first-order chi connectivity index (χ1) is 40.2. The van der Waals surface area contributed by atoms with Crippen molar-refractivity contribution in [3.05, 3.63) is 265 Å². The fraction of sp³-hybridized carbons (Fsp3) is 0.132. The van der Waals surface area contributed by atoms with Crippen molar-refractivity contribution in [3.63, 3.8) is 0 Å². The first-order valence-corrected chi connectivity index (χ1v) is 28.3. The van der Waals surface area contributed by atoms with Gasteiger partial charge >= 0.3 is 27.1 Å². The van der Waals surface area contributed by atoms with E-state index in [1.54, 1.807) is 0 Å². The Morgan fingerprint density at radius 3 is 1.67 bits per heavy atom. The molecule has 0 radical (unpaired) electrons. The van der Waals surface area contributed by atoms with Crippen molar-refractivity contribution in [2.75, 3.05) is 0 Å². The van der Waals surface area contributed by atoms with Crippen molar-refractivity contribution in [3.8, 4) is 73.0 Å². The molecule has 0 aliphatic carbocycles. The van der Waals surface area contributed by atoms with Crippen LogP contribution in [0, 0.1) is 23.8 Å². The summed E-state index contributed by atoms with van der Waals surface area (Å²) in [6.07, 6.45) is 1.88. The molecule has 2 aromatic heterocycles. The maximum atomic E-state index is 15.4. The molecular weight excluding hydrogens is 1220 g/mol. The zero-order valence-electron chi connectivity index (χ0n) is 47.8. The molecule has 0 saturated carbocycles. The molecule has 0 saturated heterocycles. The van der Waals surface area contributed by atoms with Crippen molar-refractivity contribution in [1.82, 2.24) is 18.7 Å². The Labute approximate surface area is 504 Å². The van der Waals surface area contributed by atoms with Crippen molar-refractivity contribution in [2.45, 2.75) is 65.7 Å². The predicted octanol–water partition coefficient (Wildman–Crippen LogP) is 20.6. The number of rotatable bonds is 12. The van der Waals surface area contributed by atoms with Gasteiger partial charge in [-0.3, -0.25) is 0 Å². The summed E-state index contributed by atoms with van der Waals surface area (Å²) in [5, 5.41) is 2.11. The van der Waals surface area contributed by atoms with E-state index in [1.165, 1.54) is 28.8 Å². The average Bonchev–Trinajstić information content (AvgIpc) is 1.86. The van der Waals surface area contributed by atoms with Crippen LogP contribution in [0.2, 0.25) is 0 Å². The molecule has 0 fully saturated rings. The van der Waals surface area contributed by atoms with Crippen LogP contribution in [-0.4, -0.2) is 15.6 Å². The maximum Gasteiger partial charge on any atom is 2.00 e. The van der Waals surface area contributed by atoms with Gasteiger partial charge in [0.15, 0.2) is 0 Å². The van der Waals surface area contributed by atoms with Crippen LogP contribution in [0.4, 0.5) is 31.5 Å². The summed E-state index contributed by atoms with van der Waals surface area (Å²) in [6, 6.07) is 84.3. The summed E-state index contributed by atoms with van der Waals surface area (Å²) >= 11 is 0. The third-order valence-electron chi connectivity index (χ3n) is 15.8. The molecule has 84 heavy (non-hydrogen) atoms. The minimum atomic E-state index is -0.661. The molecule has 1 aliphatic heterocycles. The number of halogens is 2. The van der Waals surface area contributed by atoms with E-state index in [0.717, 1.165) is 95.3 Å². The molecule has 0 atom stereocenters. The molecule has 13 rings (SSSR count). The Morgan fingerprint density at radius 1 is 0.488 bits per heavy atom. The molecule has 0 spiro atoms. The summed E-state index contributed by atoms with van der Waals surface area (Å²) in [6.45, 7) is 15.5. The average molecular weight is 1280 g/mol. The summed E-state index contributed by atoms with van der Waals surface area (Å²) in [4.78, 5) is 4.93. The Kier molecular flexibility index (Phi) is 14.9. The second kappa shape index (κ2) is 22.6. The number of hydrogen-bond donors (Lipinski definition) is 0. The normalized spacial score (nSPS) is 12.2. The molecule has 1 aliphatic rings. The van der Waals surface area contributed by atoms with Gasteiger partial charge in [0.1, 0.15) is 23.1 Å². The van der Waals surface area contributed by atoms with Gasteiger partial charge in [0, 0.05) is 41.4 Å². The number of nitrogens with zero attached hydrogens (tertiary/aromatic N) is 4. The number of benzene rings is 10. The molecular formula is C76H60F2N4OPt+2. The van der Waals surface area contributed by atoms with E-state index in [0.29, 0.717) is 28.3 Å². The molecule has 0 N–H and O–H groups in total. The van der Waals surface area contributed by atoms with Crippen LogP contribution in [0.15, 0.2) is 225 Å². The second-order valence-electron chi connectivity index (χ2n) is 23.2. The Morgan fingerprint density at radius 2 is 1.05 bits per heavy atom. The van der Waals surface area contributed by atoms with E-state index in [4.69, 9.17) is 9.72 Å². The summed E-state index contributed by atoms with van der Waals surface area (Å²) in [7, 11) is 0. The predicted molar refractivity (Wildman–Crippen MR) is 338 cm³/mol. The van der Waals surface area contributed by atoms with Gasteiger partial charge < -0.3 is 9.30 Å². The van der Waals surface area contributed by atoms with E-state index >= 15 is 8.78 Å². The molecule has 5 nitrogen and oxygen atoms in total. The molecule has 412 valence electrons. The SMILES string of the molecule is CC(C)c1cc(-c2cccc(-c3cc(F)cc(F)c3)c2[N+]2=C=[N+](c3[c-]c(Oc4[c-]c5c(cc4)c4ccccc4n5-c4cc(C(C)(C)C)ccn4)cc(-c4cc(-c5ccccc5)cc(-c5ccccc5)c4)c3)c3ccccc32)cc(C(C)C)c1.[Pt+2]. The van der Waals surface area contributed by atoms with Crippen LogP contribution < -0.4 is 13.9 Å². The van der Waals surface area contributed by atoms with Crippen LogP contribution in [0.1, 0.15) is 77.0 Å². The topological polar surface area (TPSA) is 33.1 Å². The number of aromatic nitrogens is 2. The van der Waals surface area contributed by atoms with Gasteiger partial charge in [0.2, 0.25) is 5.69 Å². The molecule has 8 heteroatoms. The fourth-order valence-corrected chi connectivity index (χ4v) is 11.4. The zero-order chi connectivity index (χ0) is 57.1. The van der Waals surface area contributed by atoms with Gasteiger partial charge in [0.25, 0.3) is 11.4 Å². The first kappa shape index (κ1) is 55.4. The fourth-order valence-electron chi connectivity index (χ4n) is 11.4. The van der Waals surface area contributed by atoms with Crippen molar-refractivity contribution < 1.29 is 34.6 Å². The minimum absolute atomic E-state index is 0. The van der Waals surface area contributed by atoms with Crippen LogP contribution in [0.25, 0.3) is 83.3 Å². The van der Waals surface area contributed by atoms with Gasteiger partial charge in [0.05, 0.1) is 11.1 Å². The molecule has 0 unspecified atom stereocenters. The van der Waals surface area contributed by atoms with Gasteiger partial charge in [-0.15, -0.1) is 29.1 Å². The Balaban J connectivity index is 0.00000694. The number of pyridine rings is 1. The third kappa shape index (κ3) is 10.7. The van der Waals surface area contributed by atoms with Crippen LogP contribution in [-0.2, 0) is 26.5 Å². The van der Waals surface area contributed by atoms with Gasteiger partial charge in [-0.1, -0.05) is 186 Å². The standard InChI is InChI=1S/C76H60F2N4O.Pt/c1-48(2)52-33-53(49(3)4)35-58(34-52)66-24-18-25-67(59-39-61(77)44-62(78)40-59)75(66)81-47-80(71-27-16-17-28-72(71)81)63-41-57(56-37-54(50-19-10-8-11-20-50)36-55(38-56)51-21-12-9-13-22-51)42-65(45-63)83-64-29-30-69-68-23-14-15-26-70(68)82(73(69)46-64)74-43-60(31-32-79-74)76(5,6)7;/h8-44,48-49H,1-7H3;/q;+2. The van der Waals surface area contributed by atoms with Gasteiger partial charge in [-0.2, -0.15) is 6.07 Å². The quantitative estimate of drug-likeness (QED) is 0.0902. The Hall–Kier alpha value is -9.12. The van der Waals surface area contributed by atoms with E-state index in [9.17, 15) is 0 Å². The summed E-state index contributed by atoms with van der Waals surface area (Å²) < 4.78 is 44.2. The van der Waals surface area contributed by atoms with E-state index in [1.807, 2.05) is 63.9 Å². The smallest absolute Gasteiger partial charge is 0.509 e. The maximum absolute atomic E-state index is 15.4. The van der Waals surface area contributed by atoms with Crippen molar-refractivity contribution in [1.29, 1.82) is 0 Å². The third-order valence-corrected chi connectivity index (χ3v) is 15.8. The van der Waals surface area contributed by atoms with Crippen molar-refractivity contribution in [2.24, 2.45) is 0 Å². The van der Waals surface area contributed by atoms with Gasteiger partial charge in [-0.05, 0) is 144 Å². The number of fused-ring (bicyclic) bond motifs is 4. The molecule has 3 heterocycles. The van der Waals surface area contributed by atoms with Crippen molar-refractivity contribution >= 4 is 50.6 Å². The number of para-hydroxylation sites is 4. The van der Waals surface area contributed by atoms with E-state index in [-0.39, 0.29) is 38.3 Å². The summed E-state index contributed by atoms with van der Waals surface area (Å²) in [5.41, 5.74) is 17.4. The molecule has 0 bridgehead atoms. The van der Waals surface area contributed by atoms with Gasteiger partial charge in [-0.25, -0.2) is 13.8 Å². The zero-order valence-corrected chi connectivity index (χ0v) is 50.1. The molecule has 12 aromatic rings. The molecule has 0 amide bonds. The van der Waals surface area contributed by atoms with Crippen LogP contribution in [0.3, 0.4) is 0 Å². The Bertz CT molecular complexity index is 4480. The van der Waals surface area contributed by atoms with Crippen LogP contribution in [0.5, 0.6) is 11.5 Å². The largest absolute Gasteiger partial charge is 2.00 e. The number of hydrogen-bond acceptors (Lipinski definition) is 2. The second-order valence-corrected chi connectivity index (χ2v) is 23.2.